The van der Waals surface area contributed by atoms with Crippen LogP contribution < -0.4 is 15.5 Å². The van der Waals surface area contributed by atoms with E-state index < -0.39 is 11.6 Å². The van der Waals surface area contributed by atoms with Crippen LogP contribution >= 0.6 is 0 Å². The van der Waals surface area contributed by atoms with Crippen LogP contribution in [0.3, 0.4) is 0 Å². The van der Waals surface area contributed by atoms with Gasteiger partial charge in [0.25, 0.3) is 0 Å². The number of nitrogens with zero attached hydrogens (tertiary/aromatic N) is 1. The van der Waals surface area contributed by atoms with Gasteiger partial charge in [0, 0.05) is 18.7 Å². The molecule has 1 aliphatic heterocycles. The van der Waals surface area contributed by atoms with Gasteiger partial charge >= 0.3 is 0 Å². The number of fused-ring (bicyclic) bond motifs is 1. The van der Waals surface area contributed by atoms with Crippen LogP contribution in [-0.4, -0.2) is 31.4 Å². The monoisotopic (exact) mass is 283 g/mol. The SMILES string of the molecule is CCCNC(=O)CN1C(=O)CNc2cc(F)c(F)cc21. The van der Waals surface area contributed by atoms with Gasteiger partial charge in [-0.1, -0.05) is 6.92 Å². The van der Waals surface area contributed by atoms with Gasteiger partial charge in [-0.15, -0.1) is 0 Å². The molecule has 0 saturated heterocycles. The lowest BCUT2D eigenvalue weighted by Gasteiger charge is -2.29. The molecule has 1 aromatic carbocycles. The molecule has 1 aliphatic rings. The van der Waals surface area contributed by atoms with Crippen LogP contribution in [0.1, 0.15) is 13.3 Å². The molecule has 0 aliphatic carbocycles. The molecular weight excluding hydrogens is 268 g/mol. The molecule has 0 aromatic heterocycles. The summed E-state index contributed by atoms with van der Waals surface area (Å²) in [6, 6.07) is 1.90. The summed E-state index contributed by atoms with van der Waals surface area (Å²) in [7, 11) is 0. The Labute approximate surface area is 114 Å². The maximum Gasteiger partial charge on any atom is 0.246 e. The summed E-state index contributed by atoms with van der Waals surface area (Å²) < 4.78 is 26.5. The standard InChI is InChI=1S/C13H15F2N3O2/c1-2-3-16-12(19)7-18-11-5-9(15)8(14)4-10(11)17-6-13(18)20/h4-5,17H,2-3,6-7H2,1H3,(H,16,19). The summed E-state index contributed by atoms with van der Waals surface area (Å²) in [5.74, 6) is -2.76. The molecule has 20 heavy (non-hydrogen) atoms. The average molecular weight is 283 g/mol. The first-order valence-electron chi connectivity index (χ1n) is 6.33. The van der Waals surface area contributed by atoms with Crippen LogP contribution in [0.2, 0.25) is 0 Å². The summed E-state index contributed by atoms with van der Waals surface area (Å²) in [6.45, 7) is 2.14. The fourth-order valence-electron chi connectivity index (χ4n) is 1.94. The van der Waals surface area contributed by atoms with E-state index in [0.29, 0.717) is 12.2 Å². The summed E-state index contributed by atoms with van der Waals surface area (Å²) in [4.78, 5) is 24.7. The normalized spacial score (nSPS) is 13.8. The molecule has 2 rings (SSSR count). The number of carbonyl (C=O) groups excluding carboxylic acids is 2. The summed E-state index contributed by atoms with van der Waals surface area (Å²) in [5, 5.41) is 5.33. The Balaban J connectivity index is 2.23. The largest absolute Gasteiger partial charge is 0.374 e. The van der Waals surface area contributed by atoms with Gasteiger partial charge in [-0.05, 0) is 6.42 Å². The number of rotatable bonds is 4. The number of anilines is 2. The van der Waals surface area contributed by atoms with Crippen molar-refractivity contribution in [2.75, 3.05) is 29.9 Å². The van der Waals surface area contributed by atoms with E-state index in [1.807, 2.05) is 6.92 Å². The van der Waals surface area contributed by atoms with Crippen molar-refractivity contribution in [1.29, 1.82) is 0 Å². The third-order valence-electron chi connectivity index (χ3n) is 2.93. The zero-order valence-corrected chi connectivity index (χ0v) is 11.0. The van der Waals surface area contributed by atoms with Crippen molar-refractivity contribution in [3.63, 3.8) is 0 Å². The second kappa shape index (κ2) is 5.85. The number of carbonyl (C=O) groups is 2. The molecule has 0 spiro atoms. The van der Waals surface area contributed by atoms with Gasteiger partial charge in [-0.3, -0.25) is 14.5 Å². The number of hydrogen-bond donors (Lipinski definition) is 2. The Hall–Kier alpha value is -2.18. The third kappa shape index (κ3) is 2.87. The van der Waals surface area contributed by atoms with Crippen LogP contribution in [0.4, 0.5) is 20.2 Å². The predicted molar refractivity (Wildman–Crippen MR) is 70.5 cm³/mol. The molecule has 1 heterocycles. The zero-order chi connectivity index (χ0) is 14.7. The van der Waals surface area contributed by atoms with Crippen molar-refractivity contribution in [1.82, 2.24) is 5.32 Å². The highest BCUT2D eigenvalue weighted by Crippen LogP contribution is 2.31. The van der Waals surface area contributed by atoms with E-state index in [2.05, 4.69) is 10.6 Å². The maximum absolute atomic E-state index is 13.3. The third-order valence-corrected chi connectivity index (χ3v) is 2.93. The first-order chi connectivity index (χ1) is 9.52. The van der Waals surface area contributed by atoms with Gasteiger partial charge in [0.2, 0.25) is 11.8 Å². The van der Waals surface area contributed by atoms with Crippen molar-refractivity contribution in [3.05, 3.63) is 23.8 Å². The summed E-state index contributed by atoms with van der Waals surface area (Å²) in [6.07, 6.45) is 0.775. The second-order valence-corrected chi connectivity index (χ2v) is 4.47. The highest BCUT2D eigenvalue weighted by Gasteiger charge is 2.27. The molecular formula is C13H15F2N3O2. The van der Waals surface area contributed by atoms with Crippen molar-refractivity contribution >= 4 is 23.2 Å². The average Bonchev–Trinajstić information content (AvgIpc) is 2.42. The first-order valence-corrected chi connectivity index (χ1v) is 6.33. The van der Waals surface area contributed by atoms with E-state index in [1.165, 1.54) is 0 Å². The number of benzene rings is 1. The fraction of sp³-hybridized carbons (Fsp3) is 0.385. The lowest BCUT2D eigenvalue weighted by atomic mass is 10.1. The van der Waals surface area contributed by atoms with Crippen LogP contribution in [0.25, 0.3) is 0 Å². The predicted octanol–water partition coefficient (Wildman–Crippen LogP) is 1.25. The van der Waals surface area contributed by atoms with Crippen LogP contribution in [0.15, 0.2) is 12.1 Å². The molecule has 2 N–H and O–H groups in total. The molecule has 0 radical (unpaired) electrons. The number of halogens is 2. The smallest absolute Gasteiger partial charge is 0.246 e. The molecule has 0 atom stereocenters. The molecule has 0 fully saturated rings. The van der Waals surface area contributed by atoms with Crippen molar-refractivity contribution in [2.24, 2.45) is 0 Å². The van der Waals surface area contributed by atoms with Crippen molar-refractivity contribution < 1.29 is 18.4 Å². The molecule has 0 saturated carbocycles. The lowest BCUT2D eigenvalue weighted by molar-refractivity contribution is -0.123. The Morgan fingerprint density at radius 2 is 2.10 bits per heavy atom. The van der Waals surface area contributed by atoms with E-state index in [-0.39, 0.29) is 30.6 Å². The van der Waals surface area contributed by atoms with Gasteiger partial charge in [-0.2, -0.15) is 0 Å². The minimum Gasteiger partial charge on any atom is -0.374 e. The fourth-order valence-corrected chi connectivity index (χ4v) is 1.94. The molecule has 7 heteroatoms. The van der Waals surface area contributed by atoms with E-state index in [9.17, 15) is 18.4 Å². The lowest BCUT2D eigenvalue weighted by Crippen LogP contribution is -2.46. The van der Waals surface area contributed by atoms with Gasteiger partial charge in [-0.25, -0.2) is 8.78 Å². The van der Waals surface area contributed by atoms with Crippen LogP contribution in [0, 0.1) is 11.6 Å². The minimum absolute atomic E-state index is 0.0564. The van der Waals surface area contributed by atoms with E-state index in [0.717, 1.165) is 23.5 Å². The van der Waals surface area contributed by atoms with Gasteiger partial charge < -0.3 is 10.6 Å². The molecule has 108 valence electrons. The Kier molecular flexibility index (Phi) is 4.16. The van der Waals surface area contributed by atoms with Gasteiger partial charge in [0.1, 0.15) is 6.54 Å². The second-order valence-electron chi connectivity index (χ2n) is 4.47. The molecule has 5 nitrogen and oxygen atoms in total. The maximum atomic E-state index is 13.3. The Bertz CT molecular complexity index is 549. The van der Waals surface area contributed by atoms with E-state index >= 15 is 0 Å². The van der Waals surface area contributed by atoms with Crippen molar-refractivity contribution in [3.8, 4) is 0 Å². The van der Waals surface area contributed by atoms with Crippen LogP contribution in [-0.2, 0) is 9.59 Å². The van der Waals surface area contributed by atoms with Gasteiger partial charge in [0.05, 0.1) is 17.9 Å². The molecule has 2 amide bonds. The molecule has 0 unspecified atom stereocenters. The summed E-state index contributed by atoms with van der Waals surface area (Å²) in [5.41, 5.74) is 0.471. The Morgan fingerprint density at radius 3 is 2.80 bits per heavy atom. The Morgan fingerprint density at radius 1 is 1.40 bits per heavy atom. The van der Waals surface area contributed by atoms with Gasteiger partial charge in [0.15, 0.2) is 11.6 Å². The number of nitrogens with one attached hydrogen (secondary N) is 2. The first kappa shape index (κ1) is 14.2. The topological polar surface area (TPSA) is 61.4 Å². The molecule has 1 aromatic rings. The quantitative estimate of drug-likeness (QED) is 0.874. The minimum atomic E-state index is -1.06. The highest BCUT2D eigenvalue weighted by atomic mass is 19.2. The number of hydrogen-bond acceptors (Lipinski definition) is 3. The van der Waals surface area contributed by atoms with E-state index in [1.54, 1.807) is 0 Å². The summed E-state index contributed by atoms with van der Waals surface area (Å²) >= 11 is 0. The van der Waals surface area contributed by atoms with Crippen LogP contribution in [0.5, 0.6) is 0 Å². The zero-order valence-electron chi connectivity index (χ0n) is 11.0. The number of amides is 2. The van der Waals surface area contributed by atoms with Crippen molar-refractivity contribution in [2.45, 2.75) is 13.3 Å². The molecule has 0 bridgehead atoms. The highest BCUT2D eigenvalue weighted by molar-refractivity contribution is 6.05. The van der Waals surface area contributed by atoms with E-state index in [4.69, 9.17) is 0 Å².